The Kier molecular flexibility index (Phi) is 9.08. The highest BCUT2D eigenvalue weighted by Crippen LogP contribution is 2.22. The predicted octanol–water partition coefficient (Wildman–Crippen LogP) is 2.64. The van der Waals surface area contributed by atoms with Crippen molar-refractivity contribution in [1.82, 2.24) is 10.6 Å². The van der Waals surface area contributed by atoms with Crippen molar-refractivity contribution < 1.29 is 8.63 Å². The molecule has 1 aliphatic carbocycles. The van der Waals surface area contributed by atoms with E-state index < -0.39 is 10.8 Å². The number of hydrogen-bond acceptors (Lipinski definition) is 3. The van der Waals surface area contributed by atoms with Gasteiger partial charge in [0.25, 0.3) is 0 Å². The maximum Gasteiger partial charge on any atom is 0.191 e. The molecule has 1 saturated carbocycles. The zero-order chi connectivity index (χ0) is 15.1. The molecule has 22 heavy (non-hydrogen) atoms. The second-order valence-corrected chi connectivity index (χ2v) is 7.36. The SMILES string of the molecule is CCS(=O)C1CCCC(NC(=NC)NCc2ccoc2)C1.I. The number of furan rings is 1. The number of nitrogens with one attached hydrogen (secondary N) is 2. The third kappa shape index (κ3) is 5.91. The third-order valence-electron chi connectivity index (χ3n) is 3.89. The van der Waals surface area contributed by atoms with E-state index in [1.54, 1.807) is 19.6 Å². The fourth-order valence-corrected chi connectivity index (χ4v) is 4.07. The van der Waals surface area contributed by atoms with Crippen LogP contribution in [0.15, 0.2) is 28.0 Å². The zero-order valence-electron chi connectivity index (χ0n) is 13.2. The summed E-state index contributed by atoms with van der Waals surface area (Å²) in [5, 5.41) is 7.06. The fraction of sp³-hybridized carbons (Fsp3) is 0.667. The summed E-state index contributed by atoms with van der Waals surface area (Å²) < 4.78 is 17.0. The van der Waals surface area contributed by atoms with Crippen LogP contribution in [0.2, 0.25) is 0 Å². The van der Waals surface area contributed by atoms with E-state index in [1.165, 1.54) is 0 Å². The van der Waals surface area contributed by atoms with Crippen LogP contribution in [-0.4, -0.2) is 34.3 Å². The second kappa shape index (κ2) is 10.3. The van der Waals surface area contributed by atoms with Gasteiger partial charge < -0.3 is 15.1 Å². The molecule has 0 saturated heterocycles. The molecule has 7 heteroatoms. The van der Waals surface area contributed by atoms with E-state index in [0.29, 0.717) is 17.8 Å². The molecule has 0 spiro atoms. The summed E-state index contributed by atoms with van der Waals surface area (Å²) in [4.78, 5) is 4.26. The Morgan fingerprint density at radius 2 is 2.32 bits per heavy atom. The molecule has 1 aromatic rings. The first kappa shape index (κ1) is 19.5. The van der Waals surface area contributed by atoms with Crippen LogP contribution in [0.5, 0.6) is 0 Å². The summed E-state index contributed by atoms with van der Waals surface area (Å²) in [5.41, 5.74) is 1.09. The van der Waals surface area contributed by atoms with Crippen LogP contribution in [0.4, 0.5) is 0 Å². The Bertz CT molecular complexity index is 479. The van der Waals surface area contributed by atoms with Crippen molar-refractivity contribution in [2.24, 2.45) is 4.99 Å². The van der Waals surface area contributed by atoms with Crippen molar-refractivity contribution in [3.63, 3.8) is 0 Å². The first-order valence-corrected chi connectivity index (χ1v) is 8.96. The van der Waals surface area contributed by atoms with Crippen LogP contribution in [-0.2, 0) is 17.3 Å². The largest absolute Gasteiger partial charge is 0.472 e. The van der Waals surface area contributed by atoms with Crippen molar-refractivity contribution >= 4 is 40.7 Å². The Labute approximate surface area is 152 Å². The number of aliphatic imine (C=N–C) groups is 1. The predicted molar refractivity (Wildman–Crippen MR) is 102 cm³/mol. The molecule has 1 aliphatic rings. The van der Waals surface area contributed by atoms with Crippen molar-refractivity contribution in [1.29, 1.82) is 0 Å². The zero-order valence-corrected chi connectivity index (χ0v) is 16.4. The molecule has 126 valence electrons. The highest BCUT2D eigenvalue weighted by molar-refractivity contribution is 14.0. The van der Waals surface area contributed by atoms with E-state index in [4.69, 9.17) is 4.42 Å². The molecule has 0 aromatic carbocycles. The standard InChI is InChI=1S/C15H25N3O2S.HI/c1-3-21(19)14-6-4-5-13(9-14)18-15(16-2)17-10-12-7-8-20-11-12;/h7-8,11,13-14H,3-6,9-10H2,1-2H3,(H2,16,17,18);1H. The van der Waals surface area contributed by atoms with Gasteiger partial charge in [0.05, 0.1) is 12.5 Å². The van der Waals surface area contributed by atoms with E-state index in [2.05, 4.69) is 15.6 Å². The molecule has 5 nitrogen and oxygen atoms in total. The molecule has 3 unspecified atom stereocenters. The van der Waals surface area contributed by atoms with E-state index in [1.807, 2.05) is 13.0 Å². The van der Waals surface area contributed by atoms with E-state index in [-0.39, 0.29) is 24.0 Å². The lowest BCUT2D eigenvalue weighted by molar-refractivity contribution is 0.413. The quantitative estimate of drug-likeness (QED) is 0.421. The molecular weight excluding hydrogens is 413 g/mol. The highest BCUT2D eigenvalue weighted by Gasteiger charge is 2.25. The maximum absolute atomic E-state index is 12.0. The van der Waals surface area contributed by atoms with Gasteiger partial charge in [-0.05, 0) is 25.3 Å². The molecule has 3 atom stereocenters. The molecule has 0 aliphatic heterocycles. The van der Waals surface area contributed by atoms with E-state index >= 15 is 0 Å². The monoisotopic (exact) mass is 439 g/mol. The van der Waals surface area contributed by atoms with Crippen LogP contribution in [0.1, 0.15) is 38.2 Å². The number of halogens is 1. The van der Waals surface area contributed by atoms with Crippen LogP contribution >= 0.6 is 24.0 Å². The lowest BCUT2D eigenvalue weighted by atomic mass is 9.95. The van der Waals surface area contributed by atoms with Crippen LogP contribution in [0.25, 0.3) is 0 Å². The van der Waals surface area contributed by atoms with Gasteiger partial charge in [-0.3, -0.25) is 9.20 Å². The summed E-state index contributed by atoms with van der Waals surface area (Å²) in [7, 11) is 1.08. The minimum absolute atomic E-state index is 0. The average Bonchev–Trinajstić information content (AvgIpc) is 3.04. The van der Waals surface area contributed by atoms with Crippen molar-refractivity contribution in [3.05, 3.63) is 24.2 Å². The number of nitrogens with zero attached hydrogens (tertiary/aromatic N) is 1. The molecular formula is C15H26IN3O2S. The van der Waals surface area contributed by atoms with Gasteiger partial charge in [0.1, 0.15) is 0 Å². The minimum atomic E-state index is -0.692. The molecule has 1 heterocycles. The summed E-state index contributed by atoms with van der Waals surface area (Å²) in [6.07, 6.45) is 7.68. The smallest absolute Gasteiger partial charge is 0.191 e. The lowest BCUT2D eigenvalue weighted by Gasteiger charge is -2.30. The first-order chi connectivity index (χ1) is 10.2. The van der Waals surface area contributed by atoms with Crippen LogP contribution < -0.4 is 10.6 Å². The number of rotatable bonds is 5. The molecule has 0 bridgehead atoms. The van der Waals surface area contributed by atoms with Gasteiger partial charge >= 0.3 is 0 Å². The van der Waals surface area contributed by atoms with Gasteiger partial charge in [-0.1, -0.05) is 13.3 Å². The van der Waals surface area contributed by atoms with Gasteiger partial charge in [-0.2, -0.15) is 0 Å². The van der Waals surface area contributed by atoms with Gasteiger partial charge in [-0.25, -0.2) is 0 Å². The lowest BCUT2D eigenvalue weighted by Crippen LogP contribution is -2.46. The van der Waals surface area contributed by atoms with E-state index in [9.17, 15) is 4.21 Å². The molecule has 0 radical (unpaired) electrons. The van der Waals surface area contributed by atoms with Crippen molar-refractivity contribution in [2.75, 3.05) is 12.8 Å². The van der Waals surface area contributed by atoms with Crippen LogP contribution in [0.3, 0.4) is 0 Å². The van der Waals surface area contributed by atoms with Gasteiger partial charge in [-0.15, -0.1) is 24.0 Å². The van der Waals surface area contributed by atoms with Gasteiger partial charge in [0.15, 0.2) is 5.96 Å². The molecule has 0 amide bonds. The molecule has 1 fully saturated rings. The van der Waals surface area contributed by atoms with Crippen molar-refractivity contribution in [2.45, 2.75) is 50.4 Å². The van der Waals surface area contributed by atoms with E-state index in [0.717, 1.165) is 43.0 Å². The second-order valence-electron chi connectivity index (χ2n) is 5.36. The Morgan fingerprint density at radius 1 is 1.50 bits per heavy atom. The van der Waals surface area contributed by atoms with Crippen LogP contribution in [0, 0.1) is 0 Å². The van der Waals surface area contributed by atoms with Crippen molar-refractivity contribution in [3.8, 4) is 0 Å². The first-order valence-electron chi connectivity index (χ1n) is 7.58. The Balaban J connectivity index is 0.00000242. The summed E-state index contributed by atoms with van der Waals surface area (Å²) in [5.74, 6) is 1.55. The average molecular weight is 439 g/mol. The highest BCUT2D eigenvalue weighted by atomic mass is 127. The topological polar surface area (TPSA) is 66.6 Å². The van der Waals surface area contributed by atoms with Gasteiger partial charge in [0, 0.05) is 47.0 Å². The molecule has 1 aromatic heterocycles. The third-order valence-corrected chi connectivity index (χ3v) is 5.63. The minimum Gasteiger partial charge on any atom is -0.472 e. The Morgan fingerprint density at radius 3 is 2.95 bits per heavy atom. The normalized spacial score (nSPS) is 23.5. The Hall–Kier alpha value is -0.570. The van der Waals surface area contributed by atoms with Gasteiger partial charge in [0.2, 0.25) is 0 Å². The fourth-order valence-electron chi connectivity index (χ4n) is 2.72. The summed E-state index contributed by atoms with van der Waals surface area (Å²) >= 11 is 0. The number of hydrogen-bond donors (Lipinski definition) is 2. The maximum atomic E-state index is 12.0. The number of guanidine groups is 1. The summed E-state index contributed by atoms with van der Waals surface area (Å²) in [6, 6.07) is 2.29. The molecule has 2 N–H and O–H groups in total. The summed E-state index contributed by atoms with van der Waals surface area (Å²) in [6.45, 7) is 2.69. The molecule has 2 rings (SSSR count).